The summed E-state index contributed by atoms with van der Waals surface area (Å²) in [5, 5.41) is 0. The van der Waals surface area contributed by atoms with Crippen LogP contribution in [0.3, 0.4) is 0 Å². The summed E-state index contributed by atoms with van der Waals surface area (Å²) in [4.78, 5) is 9.49. The summed E-state index contributed by atoms with van der Waals surface area (Å²) in [5.41, 5.74) is 4.72. The molecular weight excluding hydrogens is 338 g/mol. The number of aromatic nitrogens is 2. The lowest BCUT2D eigenvalue weighted by Crippen LogP contribution is -2.29. The van der Waals surface area contributed by atoms with Gasteiger partial charge in [-0.2, -0.15) is 0 Å². The molecule has 1 heterocycles. The van der Waals surface area contributed by atoms with Gasteiger partial charge in [0.1, 0.15) is 17.1 Å². The van der Waals surface area contributed by atoms with Gasteiger partial charge in [0.15, 0.2) is 0 Å². The van der Waals surface area contributed by atoms with Gasteiger partial charge in [-0.15, -0.1) is 0 Å². The zero-order valence-electron chi connectivity index (χ0n) is 16.0. The number of benzene rings is 2. The van der Waals surface area contributed by atoms with Crippen LogP contribution in [0.15, 0.2) is 66.0 Å². The molecule has 0 bridgehead atoms. The highest BCUT2D eigenvalue weighted by atomic mass is 28.4. The Bertz CT molecular complexity index is 924. The highest BCUT2D eigenvalue weighted by molar-refractivity contribution is 6.70. The molecule has 2 aromatic carbocycles. The van der Waals surface area contributed by atoms with Crippen molar-refractivity contribution in [3.63, 3.8) is 0 Å². The van der Waals surface area contributed by atoms with Crippen molar-refractivity contribution in [1.29, 1.82) is 0 Å². The molecular formula is C21H25N3OSi. The SMILES string of the molecule is Cc1ccc(N=C(c2ccccc2)c2cn(C)cn2)c(O[Si](C)(C)C)c1. The first-order valence-electron chi connectivity index (χ1n) is 8.74. The van der Waals surface area contributed by atoms with E-state index in [1.807, 2.05) is 42.1 Å². The quantitative estimate of drug-likeness (QED) is 0.467. The summed E-state index contributed by atoms with van der Waals surface area (Å²) < 4.78 is 8.23. The molecule has 0 saturated heterocycles. The van der Waals surface area contributed by atoms with E-state index in [-0.39, 0.29) is 0 Å². The molecule has 0 radical (unpaired) electrons. The minimum atomic E-state index is -1.75. The van der Waals surface area contributed by atoms with Crippen LogP contribution in [0.2, 0.25) is 19.6 Å². The molecule has 0 aliphatic carbocycles. The second-order valence-electron chi connectivity index (χ2n) is 7.44. The van der Waals surface area contributed by atoms with Gasteiger partial charge < -0.3 is 8.99 Å². The lowest BCUT2D eigenvalue weighted by molar-refractivity contribution is 0.558. The van der Waals surface area contributed by atoms with Crippen LogP contribution in [0.25, 0.3) is 0 Å². The molecule has 26 heavy (non-hydrogen) atoms. The summed E-state index contributed by atoms with van der Waals surface area (Å²) in [6.07, 6.45) is 3.78. The lowest BCUT2D eigenvalue weighted by atomic mass is 10.1. The van der Waals surface area contributed by atoms with Crippen molar-refractivity contribution < 1.29 is 4.43 Å². The van der Waals surface area contributed by atoms with Gasteiger partial charge in [0.2, 0.25) is 8.32 Å². The lowest BCUT2D eigenvalue weighted by Gasteiger charge is -2.21. The Morgan fingerprint density at radius 2 is 1.81 bits per heavy atom. The van der Waals surface area contributed by atoms with Gasteiger partial charge in [-0.05, 0) is 44.3 Å². The van der Waals surface area contributed by atoms with E-state index in [1.54, 1.807) is 6.33 Å². The first-order chi connectivity index (χ1) is 12.3. The van der Waals surface area contributed by atoms with E-state index in [9.17, 15) is 0 Å². The zero-order valence-corrected chi connectivity index (χ0v) is 17.0. The molecule has 0 atom stereocenters. The summed E-state index contributed by atoms with van der Waals surface area (Å²) in [5.74, 6) is 0.841. The van der Waals surface area contributed by atoms with Crippen LogP contribution in [0.1, 0.15) is 16.8 Å². The average Bonchev–Trinajstić information content (AvgIpc) is 3.00. The number of hydrogen-bond acceptors (Lipinski definition) is 3. The highest BCUT2D eigenvalue weighted by Gasteiger charge is 2.19. The Labute approximate surface area is 156 Å². The fourth-order valence-electron chi connectivity index (χ4n) is 2.65. The third-order valence-corrected chi connectivity index (χ3v) is 4.59. The van der Waals surface area contributed by atoms with Crippen molar-refractivity contribution in [3.05, 3.63) is 77.9 Å². The van der Waals surface area contributed by atoms with E-state index in [2.05, 4.69) is 55.8 Å². The Kier molecular flexibility index (Phi) is 5.09. The smallest absolute Gasteiger partial charge is 0.242 e. The highest BCUT2D eigenvalue weighted by Crippen LogP contribution is 2.32. The molecule has 3 aromatic rings. The molecule has 3 rings (SSSR count). The predicted molar refractivity (Wildman–Crippen MR) is 110 cm³/mol. The first kappa shape index (κ1) is 18.1. The van der Waals surface area contributed by atoms with Gasteiger partial charge in [-0.3, -0.25) is 0 Å². The molecule has 5 heteroatoms. The van der Waals surface area contributed by atoms with Crippen LogP contribution in [0, 0.1) is 6.92 Å². The summed E-state index contributed by atoms with van der Waals surface area (Å²) in [6.45, 7) is 8.61. The molecule has 1 aromatic heterocycles. The van der Waals surface area contributed by atoms with Crippen LogP contribution < -0.4 is 4.43 Å². The molecule has 0 unspecified atom stereocenters. The molecule has 4 nitrogen and oxygen atoms in total. The normalized spacial score (nSPS) is 12.3. The Balaban J connectivity index is 2.14. The maximum Gasteiger partial charge on any atom is 0.242 e. The third-order valence-electron chi connectivity index (χ3n) is 3.76. The van der Waals surface area contributed by atoms with Crippen LogP contribution in [-0.4, -0.2) is 23.6 Å². The topological polar surface area (TPSA) is 39.4 Å². The molecule has 134 valence electrons. The monoisotopic (exact) mass is 363 g/mol. The number of rotatable bonds is 5. The first-order valence-corrected chi connectivity index (χ1v) is 12.1. The third kappa shape index (κ3) is 4.49. The van der Waals surface area contributed by atoms with Crippen molar-refractivity contribution in [1.82, 2.24) is 9.55 Å². The van der Waals surface area contributed by atoms with Crippen LogP contribution in [0.5, 0.6) is 5.75 Å². The second-order valence-corrected chi connectivity index (χ2v) is 11.9. The number of aliphatic imine (C=N–C) groups is 1. The largest absolute Gasteiger partial charge is 0.543 e. The Morgan fingerprint density at radius 1 is 1.08 bits per heavy atom. The van der Waals surface area contributed by atoms with E-state index in [0.29, 0.717) is 0 Å². The fourth-order valence-corrected chi connectivity index (χ4v) is 3.47. The van der Waals surface area contributed by atoms with Gasteiger partial charge >= 0.3 is 0 Å². The number of aryl methyl sites for hydroxylation is 2. The Morgan fingerprint density at radius 3 is 2.42 bits per heavy atom. The van der Waals surface area contributed by atoms with Crippen LogP contribution in [0.4, 0.5) is 5.69 Å². The molecule has 0 saturated carbocycles. The van der Waals surface area contributed by atoms with Gasteiger partial charge in [0.05, 0.1) is 12.0 Å². The number of nitrogens with zero attached hydrogens (tertiary/aromatic N) is 3. The van der Waals surface area contributed by atoms with E-state index < -0.39 is 8.32 Å². The van der Waals surface area contributed by atoms with E-state index in [1.165, 1.54) is 0 Å². The van der Waals surface area contributed by atoms with E-state index in [4.69, 9.17) is 9.42 Å². The number of hydrogen-bond donors (Lipinski definition) is 0. The zero-order chi connectivity index (χ0) is 18.7. The van der Waals surface area contributed by atoms with Crippen LogP contribution in [-0.2, 0) is 7.05 Å². The molecule has 0 aliphatic rings. The molecule has 0 spiro atoms. The summed E-state index contributed by atoms with van der Waals surface area (Å²) >= 11 is 0. The average molecular weight is 364 g/mol. The van der Waals surface area contributed by atoms with Gasteiger partial charge in [-0.1, -0.05) is 36.4 Å². The van der Waals surface area contributed by atoms with Crippen LogP contribution >= 0.6 is 0 Å². The van der Waals surface area contributed by atoms with Gasteiger partial charge in [0.25, 0.3) is 0 Å². The Hall–Kier alpha value is -2.66. The van der Waals surface area contributed by atoms with E-state index >= 15 is 0 Å². The second kappa shape index (κ2) is 7.29. The van der Waals surface area contributed by atoms with Crippen molar-refractivity contribution >= 4 is 19.7 Å². The van der Waals surface area contributed by atoms with Gasteiger partial charge in [-0.25, -0.2) is 9.98 Å². The van der Waals surface area contributed by atoms with Crippen molar-refractivity contribution in [3.8, 4) is 5.75 Å². The minimum absolute atomic E-state index is 0.836. The van der Waals surface area contributed by atoms with Gasteiger partial charge in [0, 0.05) is 18.8 Å². The summed E-state index contributed by atoms with van der Waals surface area (Å²) in [6, 6.07) is 16.3. The number of imidazole rings is 1. The molecule has 0 aliphatic heterocycles. The molecule has 0 N–H and O–H groups in total. The molecule has 0 amide bonds. The maximum absolute atomic E-state index is 6.30. The van der Waals surface area contributed by atoms with Crippen molar-refractivity contribution in [2.24, 2.45) is 12.0 Å². The summed E-state index contributed by atoms with van der Waals surface area (Å²) in [7, 11) is 0.216. The van der Waals surface area contributed by atoms with E-state index in [0.717, 1.165) is 34.0 Å². The maximum atomic E-state index is 6.30. The standard InChI is InChI=1S/C21H25N3OSi/c1-16-11-12-18(20(13-16)25-26(3,4)5)23-21(17-9-7-6-8-10-17)19-14-24(2)15-22-19/h6-15H,1-5H3. The predicted octanol–water partition coefficient (Wildman–Crippen LogP) is 5.11. The fraction of sp³-hybridized carbons (Fsp3) is 0.238. The van der Waals surface area contributed by atoms with Crippen molar-refractivity contribution in [2.45, 2.75) is 26.6 Å². The minimum Gasteiger partial charge on any atom is -0.543 e. The van der Waals surface area contributed by atoms with Crippen molar-refractivity contribution in [2.75, 3.05) is 0 Å². The molecule has 0 fully saturated rings.